The molecule has 4 nitrogen and oxygen atoms in total. The first-order chi connectivity index (χ1) is 9.94. The molecule has 116 valence electrons. The first kappa shape index (κ1) is 16.2. The molecule has 1 aliphatic rings. The van der Waals surface area contributed by atoms with Crippen molar-refractivity contribution in [1.82, 2.24) is 4.90 Å². The summed E-state index contributed by atoms with van der Waals surface area (Å²) in [6, 6.07) is 8.04. The molecule has 1 amide bonds. The highest BCUT2D eigenvalue weighted by Crippen LogP contribution is 2.39. The van der Waals surface area contributed by atoms with Crippen molar-refractivity contribution >= 4 is 17.7 Å². The summed E-state index contributed by atoms with van der Waals surface area (Å²) in [6.07, 6.45) is 1.78. The van der Waals surface area contributed by atoms with E-state index < -0.39 is 4.75 Å². The zero-order chi connectivity index (χ0) is 15.5. The van der Waals surface area contributed by atoms with Gasteiger partial charge >= 0.3 is 0 Å². The lowest BCUT2D eigenvalue weighted by Crippen LogP contribution is -2.49. The van der Waals surface area contributed by atoms with Crippen molar-refractivity contribution in [2.45, 2.75) is 42.4 Å². The maximum Gasteiger partial charge on any atom is 0.238 e. The van der Waals surface area contributed by atoms with Crippen LogP contribution in [-0.2, 0) is 4.79 Å². The van der Waals surface area contributed by atoms with Gasteiger partial charge in [-0.05, 0) is 38.8 Å². The molecule has 0 aromatic heterocycles. The van der Waals surface area contributed by atoms with Gasteiger partial charge in [0.2, 0.25) is 5.91 Å². The van der Waals surface area contributed by atoms with Gasteiger partial charge in [-0.1, -0.05) is 12.1 Å². The van der Waals surface area contributed by atoms with Gasteiger partial charge in [0.05, 0.1) is 16.8 Å². The molecule has 1 aromatic rings. The molecular formula is C16H24N2O2S. The molecule has 0 aliphatic carbocycles. The lowest BCUT2D eigenvalue weighted by atomic mass is 10.0. The predicted octanol–water partition coefficient (Wildman–Crippen LogP) is 2.52. The summed E-state index contributed by atoms with van der Waals surface area (Å²) < 4.78 is 4.85. The summed E-state index contributed by atoms with van der Waals surface area (Å²) in [5, 5.41) is 0. The number of benzene rings is 1. The Labute approximate surface area is 131 Å². The van der Waals surface area contributed by atoms with Crippen molar-refractivity contribution in [2.24, 2.45) is 5.73 Å². The monoisotopic (exact) mass is 308 g/mol. The number of amides is 1. The molecule has 0 unspecified atom stereocenters. The average molecular weight is 308 g/mol. The van der Waals surface area contributed by atoms with E-state index in [0.29, 0.717) is 0 Å². The summed E-state index contributed by atoms with van der Waals surface area (Å²) in [7, 11) is 1.65. The van der Waals surface area contributed by atoms with E-state index in [1.807, 2.05) is 43.0 Å². The average Bonchev–Trinajstić information content (AvgIpc) is 2.47. The Morgan fingerprint density at radius 2 is 1.95 bits per heavy atom. The molecule has 1 aliphatic heterocycles. The molecule has 1 heterocycles. The van der Waals surface area contributed by atoms with Crippen LogP contribution in [0.3, 0.4) is 0 Å². The van der Waals surface area contributed by atoms with Crippen molar-refractivity contribution in [3.63, 3.8) is 0 Å². The number of nitrogens with two attached hydrogens (primary N) is 1. The zero-order valence-electron chi connectivity index (χ0n) is 13.0. The molecule has 0 atom stereocenters. The molecule has 1 saturated heterocycles. The van der Waals surface area contributed by atoms with Gasteiger partial charge in [-0.25, -0.2) is 0 Å². The first-order valence-corrected chi connectivity index (χ1v) is 8.12. The molecule has 1 fully saturated rings. The minimum atomic E-state index is -0.518. The number of nitrogens with zero attached hydrogens (tertiary/aromatic N) is 1. The predicted molar refractivity (Wildman–Crippen MR) is 86.7 cm³/mol. The SMILES string of the molecule is COc1ccccc1SC(C)(C)C(=O)N1CCC(N)CC1. The smallest absolute Gasteiger partial charge is 0.238 e. The number of likely N-dealkylation sites (tertiary alicyclic amines) is 1. The van der Waals surface area contributed by atoms with Gasteiger partial charge in [0.15, 0.2) is 0 Å². The summed E-state index contributed by atoms with van der Waals surface area (Å²) in [5.41, 5.74) is 5.91. The van der Waals surface area contributed by atoms with Crippen molar-refractivity contribution in [3.05, 3.63) is 24.3 Å². The van der Waals surface area contributed by atoms with Gasteiger partial charge in [-0.15, -0.1) is 11.8 Å². The van der Waals surface area contributed by atoms with Gasteiger partial charge in [0.25, 0.3) is 0 Å². The Morgan fingerprint density at radius 3 is 2.57 bits per heavy atom. The highest BCUT2D eigenvalue weighted by Gasteiger charge is 2.35. The van der Waals surface area contributed by atoms with Crippen LogP contribution in [0.2, 0.25) is 0 Å². The van der Waals surface area contributed by atoms with Gasteiger partial charge in [-0.2, -0.15) is 0 Å². The maximum atomic E-state index is 12.8. The number of para-hydroxylation sites is 1. The van der Waals surface area contributed by atoms with E-state index in [4.69, 9.17) is 10.5 Å². The largest absolute Gasteiger partial charge is 0.496 e. The third-order valence-electron chi connectivity index (χ3n) is 3.78. The number of piperidine rings is 1. The summed E-state index contributed by atoms with van der Waals surface area (Å²) in [6.45, 7) is 5.47. The second kappa shape index (κ2) is 6.71. The molecule has 0 spiro atoms. The molecule has 0 radical (unpaired) electrons. The van der Waals surface area contributed by atoms with E-state index in [-0.39, 0.29) is 11.9 Å². The number of carbonyl (C=O) groups is 1. The summed E-state index contributed by atoms with van der Waals surface area (Å²) in [4.78, 5) is 15.7. The Morgan fingerprint density at radius 1 is 1.33 bits per heavy atom. The van der Waals surface area contributed by atoms with Gasteiger partial charge in [0.1, 0.15) is 5.75 Å². The van der Waals surface area contributed by atoms with Crippen LogP contribution in [0.15, 0.2) is 29.2 Å². The van der Waals surface area contributed by atoms with Crippen LogP contribution in [-0.4, -0.2) is 41.8 Å². The zero-order valence-corrected chi connectivity index (χ0v) is 13.8. The minimum absolute atomic E-state index is 0.172. The van der Waals surface area contributed by atoms with Crippen LogP contribution in [0, 0.1) is 0 Å². The third kappa shape index (κ3) is 3.92. The Hall–Kier alpha value is -1.20. The first-order valence-electron chi connectivity index (χ1n) is 7.31. The van der Waals surface area contributed by atoms with Crippen molar-refractivity contribution in [2.75, 3.05) is 20.2 Å². The van der Waals surface area contributed by atoms with Gasteiger partial charge in [0, 0.05) is 19.1 Å². The van der Waals surface area contributed by atoms with E-state index >= 15 is 0 Å². The number of rotatable bonds is 4. The summed E-state index contributed by atoms with van der Waals surface area (Å²) >= 11 is 1.55. The summed E-state index contributed by atoms with van der Waals surface area (Å²) in [5.74, 6) is 0.981. The van der Waals surface area contributed by atoms with E-state index in [1.165, 1.54) is 0 Å². The van der Waals surface area contributed by atoms with Crippen LogP contribution in [0.25, 0.3) is 0 Å². The van der Waals surface area contributed by atoms with Crippen LogP contribution >= 0.6 is 11.8 Å². The highest BCUT2D eigenvalue weighted by molar-refractivity contribution is 8.01. The van der Waals surface area contributed by atoms with Crippen LogP contribution in [0.5, 0.6) is 5.75 Å². The van der Waals surface area contributed by atoms with Crippen molar-refractivity contribution in [3.8, 4) is 5.75 Å². The van der Waals surface area contributed by atoms with E-state index in [2.05, 4.69) is 0 Å². The standard InChI is InChI=1S/C16H24N2O2S/c1-16(2,15(19)18-10-8-12(17)9-11-18)21-14-7-5-4-6-13(14)20-3/h4-7,12H,8-11,17H2,1-3H3. The second-order valence-corrected chi connectivity index (χ2v) is 7.56. The number of carbonyl (C=O) groups excluding carboxylic acids is 1. The Kier molecular flexibility index (Phi) is 5.17. The van der Waals surface area contributed by atoms with E-state index in [9.17, 15) is 4.79 Å². The molecule has 1 aromatic carbocycles. The third-order valence-corrected chi connectivity index (χ3v) is 5.02. The van der Waals surface area contributed by atoms with Crippen molar-refractivity contribution in [1.29, 1.82) is 0 Å². The Balaban J connectivity index is 2.08. The minimum Gasteiger partial charge on any atom is -0.496 e. The molecule has 21 heavy (non-hydrogen) atoms. The number of hydrogen-bond donors (Lipinski definition) is 1. The lowest BCUT2D eigenvalue weighted by Gasteiger charge is -2.35. The van der Waals surface area contributed by atoms with Crippen LogP contribution in [0.1, 0.15) is 26.7 Å². The number of methoxy groups -OCH3 is 1. The fourth-order valence-corrected chi connectivity index (χ4v) is 3.67. The fourth-order valence-electron chi connectivity index (χ4n) is 2.50. The molecule has 2 N–H and O–H groups in total. The van der Waals surface area contributed by atoms with E-state index in [1.54, 1.807) is 18.9 Å². The maximum absolute atomic E-state index is 12.8. The quantitative estimate of drug-likeness (QED) is 0.868. The number of ether oxygens (including phenoxy) is 1. The topological polar surface area (TPSA) is 55.6 Å². The van der Waals surface area contributed by atoms with Gasteiger partial charge in [-0.3, -0.25) is 4.79 Å². The van der Waals surface area contributed by atoms with E-state index in [0.717, 1.165) is 36.6 Å². The molecule has 5 heteroatoms. The molecule has 0 bridgehead atoms. The molecular weight excluding hydrogens is 284 g/mol. The lowest BCUT2D eigenvalue weighted by molar-refractivity contribution is -0.133. The number of thioether (sulfide) groups is 1. The second-order valence-electron chi connectivity index (χ2n) is 5.89. The van der Waals surface area contributed by atoms with Crippen molar-refractivity contribution < 1.29 is 9.53 Å². The fraction of sp³-hybridized carbons (Fsp3) is 0.562. The number of hydrogen-bond acceptors (Lipinski definition) is 4. The molecule has 0 saturated carbocycles. The normalized spacial score (nSPS) is 16.9. The van der Waals surface area contributed by atoms with Crippen LogP contribution in [0.4, 0.5) is 0 Å². The molecule has 2 rings (SSSR count). The van der Waals surface area contributed by atoms with Crippen LogP contribution < -0.4 is 10.5 Å². The Bertz CT molecular complexity index is 497. The van der Waals surface area contributed by atoms with Gasteiger partial charge < -0.3 is 15.4 Å². The highest BCUT2D eigenvalue weighted by atomic mass is 32.2.